The zero-order valence-corrected chi connectivity index (χ0v) is 16.4. The lowest BCUT2D eigenvalue weighted by Gasteiger charge is -2.19. The molecule has 1 aliphatic rings. The van der Waals surface area contributed by atoms with Crippen LogP contribution in [-0.4, -0.2) is 38.8 Å². The first-order chi connectivity index (χ1) is 14.4. The van der Waals surface area contributed by atoms with Gasteiger partial charge in [0, 0.05) is 17.8 Å². The summed E-state index contributed by atoms with van der Waals surface area (Å²) in [5.41, 5.74) is 0.290. The molecule has 30 heavy (non-hydrogen) atoms. The lowest BCUT2D eigenvalue weighted by Crippen LogP contribution is -2.23. The summed E-state index contributed by atoms with van der Waals surface area (Å²) in [4.78, 5) is 0. The van der Waals surface area contributed by atoms with Gasteiger partial charge in [-0.15, -0.1) is 10.2 Å². The van der Waals surface area contributed by atoms with Crippen LogP contribution < -0.4 is 10.6 Å². The van der Waals surface area contributed by atoms with Crippen molar-refractivity contribution in [2.24, 2.45) is 0 Å². The second-order valence-corrected chi connectivity index (χ2v) is 7.59. The smallest absolute Gasteiger partial charge is 0.416 e. The second-order valence-electron chi connectivity index (χ2n) is 7.59. The van der Waals surface area contributed by atoms with Crippen LogP contribution in [0.4, 0.5) is 19.1 Å². The summed E-state index contributed by atoms with van der Waals surface area (Å²) in [6.07, 6.45) is 2.67. The van der Waals surface area contributed by atoms with Gasteiger partial charge in [0.05, 0.1) is 11.1 Å². The Labute approximate surface area is 172 Å². The summed E-state index contributed by atoms with van der Waals surface area (Å²) in [6, 6.07) is 6.78. The van der Waals surface area contributed by atoms with E-state index in [1.165, 1.54) is 6.07 Å². The van der Waals surface area contributed by atoms with Crippen molar-refractivity contribution in [2.45, 2.75) is 44.3 Å². The van der Waals surface area contributed by atoms with Crippen LogP contribution in [0.3, 0.4) is 0 Å². The first-order valence-corrected chi connectivity index (χ1v) is 10.1. The van der Waals surface area contributed by atoms with Gasteiger partial charge in [0.15, 0.2) is 0 Å². The number of aromatic hydroxyl groups is 1. The number of nitrogens with zero attached hydrogens (tertiary/aromatic N) is 3. The van der Waals surface area contributed by atoms with Gasteiger partial charge in [0.25, 0.3) is 0 Å². The van der Waals surface area contributed by atoms with E-state index < -0.39 is 17.5 Å². The summed E-state index contributed by atoms with van der Waals surface area (Å²) < 4.78 is 40.5. The molecule has 0 radical (unpaired) electrons. The lowest BCUT2D eigenvalue weighted by molar-refractivity contribution is -0.137. The van der Waals surface area contributed by atoms with Gasteiger partial charge in [0.1, 0.15) is 11.4 Å². The Bertz CT molecular complexity index is 1010. The van der Waals surface area contributed by atoms with E-state index in [1.54, 1.807) is 6.07 Å². The van der Waals surface area contributed by atoms with Gasteiger partial charge < -0.3 is 15.7 Å². The van der Waals surface area contributed by atoms with E-state index in [9.17, 15) is 18.3 Å². The highest BCUT2D eigenvalue weighted by Crippen LogP contribution is 2.37. The summed E-state index contributed by atoms with van der Waals surface area (Å²) in [6.45, 7) is 2.04. The number of alkyl halides is 3. The third-order valence-corrected chi connectivity index (χ3v) is 5.44. The maximum Gasteiger partial charge on any atom is 0.416 e. The van der Waals surface area contributed by atoms with E-state index in [0.717, 1.165) is 51.3 Å². The molecule has 1 aromatic carbocycles. The molecule has 2 aromatic heterocycles. The van der Waals surface area contributed by atoms with E-state index in [1.807, 2.05) is 16.7 Å². The van der Waals surface area contributed by atoms with Crippen LogP contribution in [0.15, 0.2) is 36.5 Å². The van der Waals surface area contributed by atoms with Crippen LogP contribution in [0, 0.1) is 0 Å². The van der Waals surface area contributed by atoms with Crippen LogP contribution in [0.2, 0.25) is 0 Å². The van der Waals surface area contributed by atoms with Crippen molar-refractivity contribution in [2.75, 3.05) is 18.4 Å². The standard InChI is InChI=1S/C21H24F3N5O/c22-21(23,24)14-8-9-16(18(30)13-14)19-17-7-4-12-29(17)20(28-27-19)26-15-5-1-2-10-25-11-3-6-15/h4,7-9,12-13,15,25,30H,1-3,5-6,10-11H2,(H,26,28)/t15-/m0/s1. The molecule has 160 valence electrons. The predicted molar refractivity (Wildman–Crippen MR) is 108 cm³/mol. The number of benzene rings is 1. The minimum absolute atomic E-state index is 0.208. The highest BCUT2D eigenvalue weighted by Gasteiger charge is 2.31. The Hall–Kier alpha value is -2.81. The molecule has 0 saturated carbocycles. The molecule has 3 heterocycles. The first kappa shape index (κ1) is 20.5. The normalized spacial score (nSPS) is 18.6. The zero-order valence-electron chi connectivity index (χ0n) is 16.4. The lowest BCUT2D eigenvalue weighted by atomic mass is 10.1. The van der Waals surface area contributed by atoms with Crippen molar-refractivity contribution in [3.63, 3.8) is 0 Å². The van der Waals surface area contributed by atoms with Crippen LogP contribution >= 0.6 is 0 Å². The molecule has 1 atom stereocenters. The number of aromatic nitrogens is 3. The summed E-state index contributed by atoms with van der Waals surface area (Å²) in [7, 11) is 0. The fourth-order valence-electron chi connectivity index (χ4n) is 3.86. The number of fused-ring (bicyclic) bond motifs is 1. The molecule has 0 bridgehead atoms. The number of anilines is 1. The molecule has 0 aliphatic carbocycles. The van der Waals surface area contributed by atoms with Gasteiger partial charge in [-0.1, -0.05) is 6.42 Å². The molecule has 0 spiro atoms. The first-order valence-electron chi connectivity index (χ1n) is 10.1. The van der Waals surface area contributed by atoms with Gasteiger partial charge >= 0.3 is 6.18 Å². The topological polar surface area (TPSA) is 74.5 Å². The Morgan fingerprint density at radius 2 is 1.87 bits per heavy atom. The molecule has 1 fully saturated rings. The van der Waals surface area contributed by atoms with Crippen LogP contribution in [0.1, 0.15) is 37.7 Å². The minimum Gasteiger partial charge on any atom is -0.507 e. The van der Waals surface area contributed by atoms with Gasteiger partial charge in [-0.2, -0.15) is 13.2 Å². The molecular formula is C21H24F3N5O. The van der Waals surface area contributed by atoms with Gasteiger partial charge in [-0.05, 0) is 69.1 Å². The predicted octanol–water partition coefficient (Wildman–Crippen LogP) is 4.45. The molecular weight excluding hydrogens is 395 g/mol. The number of hydrogen-bond donors (Lipinski definition) is 3. The van der Waals surface area contributed by atoms with E-state index in [4.69, 9.17) is 0 Å². The van der Waals surface area contributed by atoms with Crippen molar-refractivity contribution in [1.29, 1.82) is 0 Å². The second kappa shape index (κ2) is 8.51. The number of phenols is 1. The molecule has 6 nitrogen and oxygen atoms in total. The van der Waals surface area contributed by atoms with E-state index >= 15 is 0 Å². The monoisotopic (exact) mass is 419 g/mol. The molecule has 9 heteroatoms. The Kier molecular flexibility index (Phi) is 5.80. The average Bonchev–Trinajstić information content (AvgIpc) is 3.22. The number of phenolic OH excluding ortho intramolecular Hbond substituents is 1. The molecule has 1 aliphatic heterocycles. The number of halogens is 3. The summed E-state index contributed by atoms with van der Waals surface area (Å²) in [5.74, 6) is 0.106. The van der Waals surface area contributed by atoms with Crippen molar-refractivity contribution in [3.8, 4) is 17.0 Å². The highest BCUT2D eigenvalue weighted by atomic mass is 19.4. The Morgan fingerprint density at radius 3 is 2.67 bits per heavy atom. The Morgan fingerprint density at radius 1 is 1.07 bits per heavy atom. The molecule has 0 unspecified atom stereocenters. The summed E-state index contributed by atoms with van der Waals surface area (Å²) in [5, 5.41) is 25.7. The number of rotatable bonds is 3. The van der Waals surface area contributed by atoms with Crippen LogP contribution in [-0.2, 0) is 6.18 Å². The van der Waals surface area contributed by atoms with Crippen LogP contribution in [0.25, 0.3) is 16.8 Å². The third kappa shape index (κ3) is 4.35. The molecule has 3 aromatic rings. The summed E-state index contributed by atoms with van der Waals surface area (Å²) >= 11 is 0. The molecule has 4 rings (SSSR count). The van der Waals surface area contributed by atoms with Gasteiger partial charge in [0.2, 0.25) is 5.95 Å². The van der Waals surface area contributed by atoms with E-state index in [2.05, 4.69) is 20.8 Å². The van der Waals surface area contributed by atoms with Crippen molar-refractivity contribution >= 4 is 11.5 Å². The van der Waals surface area contributed by atoms with Crippen molar-refractivity contribution < 1.29 is 18.3 Å². The molecule has 3 N–H and O–H groups in total. The van der Waals surface area contributed by atoms with Crippen LogP contribution in [0.5, 0.6) is 5.75 Å². The number of hydrogen-bond acceptors (Lipinski definition) is 5. The molecule has 0 amide bonds. The molecule has 1 saturated heterocycles. The fraction of sp³-hybridized carbons (Fsp3) is 0.429. The maximum atomic E-state index is 12.9. The largest absolute Gasteiger partial charge is 0.507 e. The Balaban J connectivity index is 1.64. The van der Waals surface area contributed by atoms with Crippen molar-refractivity contribution in [3.05, 3.63) is 42.1 Å². The van der Waals surface area contributed by atoms with Gasteiger partial charge in [-0.25, -0.2) is 0 Å². The highest BCUT2D eigenvalue weighted by molar-refractivity contribution is 5.81. The SMILES string of the molecule is Oc1cc(C(F)(F)F)ccc1-c1nnc(N[C@H]2CCCCNCCC2)n2cccc12. The minimum atomic E-state index is -4.52. The van der Waals surface area contributed by atoms with E-state index in [0.29, 0.717) is 23.2 Å². The average molecular weight is 419 g/mol. The zero-order chi connectivity index (χ0) is 21.1. The quantitative estimate of drug-likeness (QED) is 0.585. The fourth-order valence-corrected chi connectivity index (χ4v) is 3.86. The van der Waals surface area contributed by atoms with E-state index in [-0.39, 0.29) is 11.6 Å². The van der Waals surface area contributed by atoms with Crippen molar-refractivity contribution in [1.82, 2.24) is 19.9 Å². The third-order valence-electron chi connectivity index (χ3n) is 5.44. The maximum absolute atomic E-state index is 12.9. The number of nitrogens with one attached hydrogen (secondary N) is 2. The van der Waals surface area contributed by atoms with Gasteiger partial charge in [-0.3, -0.25) is 4.40 Å².